The number of nitrogens with zero attached hydrogens (tertiary/aromatic N) is 2. The molecule has 1 aliphatic rings. The highest BCUT2D eigenvalue weighted by atomic mass is 79.9. The molecule has 0 radical (unpaired) electrons. The fraction of sp³-hybridized carbons (Fsp3) is 0. The van der Waals surface area contributed by atoms with Crippen LogP contribution in [0.3, 0.4) is 0 Å². The van der Waals surface area contributed by atoms with E-state index in [0.29, 0.717) is 20.5 Å². The van der Waals surface area contributed by atoms with Crippen molar-refractivity contribution in [3.63, 3.8) is 0 Å². The van der Waals surface area contributed by atoms with Crippen LogP contribution in [-0.2, 0) is 4.79 Å². The van der Waals surface area contributed by atoms with Crippen LogP contribution in [-0.4, -0.2) is 11.1 Å². The molecular weight excluding hydrogens is 492 g/mol. The van der Waals surface area contributed by atoms with Gasteiger partial charge in [-0.2, -0.15) is 0 Å². The number of carbonyl (C=O) groups excluding carboxylic acids is 1. The Morgan fingerprint density at radius 1 is 1.00 bits per heavy atom. The Hall–Kier alpha value is -2.09. The van der Waals surface area contributed by atoms with Crippen LogP contribution < -0.4 is 4.90 Å². The molecule has 7 heteroatoms. The molecule has 1 aliphatic heterocycles. The van der Waals surface area contributed by atoms with E-state index in [1.165, 1.54) is 11.8 Å². The Balaban J connectivity index is 1.77. The maximum Gasteiger partial charge on any atom is 0.271 e. The molecule has 0 bridgehead atoms. The molecule has 0 atom stereocenters. The summed E-state index contributed by atoms with van der Waals surface area (Å²) in [5, 5.41) is 0.605. The van der Waals surface area contributed by atoms with Gasteiger partial charge >= 0.3 is 0 Å². The summed E-state index contributed by atoms with van der Waals surface area (Å²) in [6.07, 6.45) is 1.73. The van der Waals surface area contributed by atoms with Crippen molar-refractivity contribution in [2.75, 3.05) is 4.90 Å². The van der Waals surface area contributed by atoms with Gasteiger partial charge < -0.3 is 4.42 Å². The first-order valence-corrected chi connectivity index (χ1v) is 10.4. The van der Waals surface area contributed by atoms with E-state index in [1.54, 1.807) is 11.0 Å². The summed E-state index contributed by atoms with van der Waals surface area (Å²) in [5.41, 5.74) is 1.56. The molecule has 0 aliphatic carbocycles. The summed E-state index contributed by atoms with van der Waals surface area (Å²) in [4.78, 5) is 19.9. The number of rotatable bonds is 3. The number of aliphatic imine (C=N–C) groups is 1. The predicted molar refractivity (Wildman–Crippen MR) is 117 cm³/mol. The molecule has 0 N–H and O–H groups in total. The third-order valence-electron chi connectivity index (χ3n) is 3.74. The van der Waals surface area contributed by atoms with E-state index in [2.05, 4.69) is 36.9 Å². The Labute approximate surface area is 177 Å². The van der Waals surface area contributed by atoms with Gasteiger partial charge in [0.2, 0.25) is 0 Å². The lowest BCUT2D eigenvalue weighted by Gasteiger charge is -2.15. The normalized spacial score (nSPS) is 17.3. The molecule has 1 amide bonds. The van der Waals surface area contributed by atoms with Gasteiger partial charge in [-0.1, -0.05) is 36.4 Å². The molecule has 0 unspecified atom stereocenters. The molecule has 4 rings (SSSR count). The number of halogens is 2. The highest BCUT2D eigenvalue weighted by Gasteiger charge is 2.35. The van der Waals surface area contributed by atoms with Crippen LogP contribution in [0.2, 0.25) is 0 Å². The average molecular weight is 504 g/mol. The first kappa shape index (κ1) is 18.3. The highest BCUT2D eigenvalue weighted by Crippen LogP contribution is 2.38. The van der Waals surface area contributed by atoms with E-state index in [1.807, 2.05) is 66.7 Å². The van der Waals surface area contributed by atoms with Crippen LogP contribution >= 0.6 is 43.6 Å². The van der Waals surface area contributed by atoms with Gasteiger partial charge in [0.25, 0.3) is 5.91 Å². The number of anilines is 1. The molecule has 1 aromatic heterocycles. The molecule has 2 aromatic carbocycles. The first-order chi connectivity index (χ1) is 13.1. The quantitative estimate of drug-likeness (QED) is 0.377. The fourth-order valence-corrected chi connectivity index (χ4v) is 4.12. The zero-order valence-corrected chi connectivity index (χ0v) is 17.8. The molecule has 1 fully saturated rings. The molecule has 27 heavy (non-hydrogen) atoms. The van der Waals surface area contributed by atoms with E-state index in [-0.39, 0.29) is 5.91 Å². The number of hydrogen-bond acceptors (Lipinski definition) is 4. The van der Waals surface area contributed by atoms with Gasteiger partial charge in [0.05, 0.1) is 20.8 Å². The fourth-order valence-electron chi connectivity index (χ4n) is 2.53. The monoisotopic (exact) mass is 502 g/mol. The Bertz CT molecular complexity index is 1030. The van der Waals surface area contributed by atoms with Gasteiger partial charge in [-0.3, -0.25) is 9.69 Å². The average Bonchev–Trinajstić information content (AvgIpc) is 3.15. The summed E-state index contributed by atoms with van der Waals surface area (Å²) in [5.74, 6) is 0.447. The van der Waals surface area contributed by atoms with Crippen molar-refractivity contribution in [3.05, 3.63) is 86.5 Å². The maximum absolute atomic E-state index is 13.1. The van der Waals surface area contributed by atoms with Crippen LogP contribution in [0.25, 0.3) is 6.08 Å². The van der Waals surface area contributed by atoms with Crippen LogP contribution in [0.5, 0.6) is 0 Å². The second kappa shape index (κ2) is 7.88. The molecule has 2 heterocycles. The lowest BCUT2D eigenvalue weighted by molar-refractivity contribution is -0.113. The standard InChI is InChI=1S/C20H12Br2N2O2S/c21-16-11-15(26-18(16)22)12-17-19(25)24(14-9-5-2-6-10-14)20(27-17)23-13-7-3-1-4-8-13/h1-12H. The topological polar surface area (TPSA) is 45.8 Å². The van der Waals surface area contributed by atoms with Crippen molar-refractivity contribution < 1.29 is 9.21 Å². The largest absolute Gasteiger partial charge is 0.449 e. The number of thioether (sulfide) groups is 1. The highest BCUT2D eigenvalue weighted by molar-refractivity contribution is 9.13. The van der Waals surface area contributed by atoms with Crippen LogP contribution in [0, 0.1) is 0 Å². The minimum atomic E-state index is -0.135. The van der Waals surface area contributed by atoms with E-state index >= 15 is 0 Å². The minimum Gasteiger partial charge on any atom is -0.449 e. The van der Waals surface area contributed by atoms with E-state index in [4.69, 9.17) is 4.42 Å². The SMILES string of the molecule is O=C1C(=Cc2cc(Br)c(Br)o2)SC(=Nc2ccccc2)N1c1ccccc1. The Kier molecular flexibility index (Phi) is 5.33. The molecule has 0 spiro atoms. The molecule has 134 valence electrons. The van der Waals surface area contributed by atoms with Gasteiger partial charge in [-0.25, -0.2) is 4.99 Å². The lowest BCUT2D eigenvalue weighted by atomic mass is 10.3. The first-order valence-electron chi connectivity index (χ1n) is 7.99. The van der Waals surface area contributed by atoms with Crippen molar-refractivity contribution in [2.24, 2.45) is 4.99 Å². The predicted octanol–water partition coefficient (Wildman–Crippen LogP) is 6.61. The van der Waals surface area contributed by atoms with Crippen molar-refractivity contribution >= 4 is 72.1 Å². The summed E-state index contributed by atoms with van der Waals surface area (Å²) >= 11 is 8.03. The minimum absolute atomic E-state index is 0.135. The second-order valence-corrected chi connectivity index (χ2v) is 8.17. The van der Waals surface area contributed by atoms with Crippen molar-refractivity contribution in [1.29, 1.82) is 0 Å². The molecular formula is C20H12Br2N2O2S. The summed E-state index contributed by atoms with van der Waals surface area (Å²) in [7, 11) is 0. The van der Waals surface area contributed by atoms with Gasteiger partial charge in [0.1, 0.15) is 5.76 Å². The zero-order valence-electron chi connectivity index (χ0n) is 13.8. The van der Waals surface area contributed by atoms with Crippen LogP contribution in [0.1, 0.15) is 5.76 Å². The van der Waals surface area contributed by atoms with Crippen LogP contribution in [0.4, 0.5) is 11.4 Å². The smallest absolute Gasteiger partial charge is 0.271 e. The summed E-state index contributed by atoms with van der Waals surface area (Å²) in [6.45, 7) is 0. The van der Waals surface area contributed by atoms with E-state index in [9.17, 15) is 4.79 Å². The molecule has 1 saturated heterocycles. The number of para-hydroxylation sites is 2. The Morgan fingerprint density at radius 3 is 2.30 bits per heavy atom. The van der Waals surface area contributed by atoms with E-state index < -0.39 is 0 Å². The number of furan rings is 1. The number of amidine groups is 1. The number of benzene rings is 2. The van der Waals surface area contributed by atoms with Gasteiger partial charge in [0, 0.05) is 6.08 Å². The van der Waals surface area contributed by atoms with E-state index in [0.717, 1.165) is 15.8 Å². The summed E-state index contributed by atoms with van der Waals surface area (Å²) < 4.78 is 6.97. The van der Waals surface area contributed by atoms with Crippen molar-refractivity contribution in [1.82, 2.24) is 0 Å². The van der Waals surface area contributed by atoms with Crippen molar-refractivity contribution in [3.8, 4) is 0 Å². The number of hydrogen-bond donors (Lipinski definition) is 0. The van der Waals surface area contributed by atoms with Gasteiger partial charge in [-0.15, -0.1) is 0 Å². The number of carbonyl (C=O) groups is 1. The second-order valence-electron chi connectivity index (χ2n) is 5.59. The lowest BCUT2D eigenvalue weighted by Crippen LogP contribution is -2.28. The molecule has 3 aromatic rings. The Morgan fingerprint density at radius 2 is 1.67 bits per heavy atom. The zero-order chi connectivity index (χ0) is 18.8. The summed E-state index contributed by atoms with van der Waals surface area (Å²) in [6, 6.07) is 20.9. The van der Waals surface area contributed by atoms with Crippen molar-refractivity contribution in [2.45, 2.75) is 0 Å². The third-order valence-corrected chi connectivity index (χ3v) is 6.42. The number of amides is 1. The molecule has 4 nitrogen and oxygen atoms in total. The van der Waals surface area contributed by atoms with Gasteiger partial charge in [-0.05, 0) is 74.0 Å². The maximum atomic E-state index is 13.1. The molecule has 0 saturated carbocycles. The van der Waals surface area contributed by atoms with Crippen LogP contribution in [0.15, 0.2) is 90.2 Å². The van der Waals surface area contributed by atoms with Gasteiger partial charge in [0.15, 0.2) is 9.84 Å². The third kappa shape index (κ3) is 3.95.